The van der Waals surface area contributed by atoms with E-state index in [1.165, 1.54) is 5.69 Å². The van der Waals surface area contributed by atoms with Gasteiger partial charge in [0.25, 0.3) is 0 Å². The van der Waals surface area contributed by atoms with Crippen LogP contribution in [0.1, 0.15) is 25.1 Å². The molecule has 3 aromatic rings. The van der Waals surface area contributed by atoms with Crippen molar-refractivity contribution >= 4 is 28.8 Å². The quantitative estimate of drug-likeness (QED) is 0.588. The van der Waals surface area contributed by atoms with Gasteiger partial charge in [-0.2, -0.15) is 4.98 Å². The molecule has 0 saturated heterocycles. The van der Waals surface area contributed by atoms with E-state index in [0.29, 0.717) is 5.95 Å². The van der Waals surface area contributed by atoms with Gasteiger partial charge in [-0.25, -0.2) is 4.98 Å². The molecule has 0 spiro atoms. The molecular formula is C22H27N5. The fourth-order valence-corrected chi connectivity index (χ4v) is 3.01. The van der Waals surface area contributed by atoms with Crippen molar-refractivity contribution in [1.29, 1.82) is 0 Å². The third kappa shape index (κ3) is 4.76. The van der Waals surface area contributed by atoms with Crippen LogP contribution < -0.4 is 15.5 Å². The Bertz CT molecular complexity index is 885. The van der Waals surface area contributed by atoms with Crippen molar-refractivity contribution in [3.05, 3.63) is 65.9 Å². The van der Waals surface area contributed by atoms with Gasteiger partial charge in [-0.3, -0.25) is 0 Å². The third-order valence-corrected chi connectivity index (χ3v) is 4.51. The Morgan fingerprint density at radius 2 is 1.56 bits per heavy atom. The van der Waals surface area contributed by atoms with Gasteiger partial charge in [-0.1, -0.05) is 18.2 Å². The highest BCUT2D eigenvalue weighted by Crippen LogP contribution is 2.23. The molecule has 140 valence electrons. The van der Waals surface area contributed by atoms with Gasteiger partial charge in [0.2, 0.25) is 5.95 Å². The zero-order valence-corrected chi connectivity index (χ0v) is 16.5. The molecule has 0 amide bonds. The Morgan fingerprint density at radius 1 is 0.852 bits per heavy atom. The summed E-state index contributed by atoms with van der Waals surface area (Å²) < 4.78 is 0. The standard InChI is InChI=1S/C22H27N5/c1-5-27(6-2)19-13-11-18(12-14-19)24-21-15-17(4)23-22(26-21)25-20-10-8-7-9-16(20)3/h7-15H,5-6H2,1-4H3,(H2,23,24,25,26). The molecule has 5 nitrogen and oxygen atoms in total. The van der Waals surface area contributed by atoms with Crippen LogP contribution in [-0.2, 0) is 0 Å². The van der Waals surface area contributed by atoms with Gasteiger partial charge in [0.15, 0.2) is 0 Å². The van der Waals surface area contributed by atoms with E-state index in [-0.39, 0.29) is 0 Å². The first kappa shape index (κ1) is 18.7. The first-order valence-electron chi connectivity index (χ1n) is 9.39. The van der Waals surface area contributed by atoms with Crippen molar-refractivity contribution < 1.29 is 0 Å². The first-order chi connectivity index (χ1) is 13.1. The van der Waals surface area contributed by atoms with Gasteiger partial charge < -0.3 is 15.5 Å². The van der Waals surface area contributed by atoms with E-state index in [1.54, 1.807) is 0 Å². The highest BCUT2D eigenvalue weighted by molar-refractivity contribution is 5.63. The van der Waals surface area contributed by atoms with Crippen molar-refractivity contribution in [2.24, 2.45) is 0 Å². The minimum absolute atomic E-state index is 0.589. The molecule has 0 radical (unpaired) electrons. The Hall–Kier alpha value is -3.08. The number of anilines is 5. The van der Waals surface area contributed by atoms with Crippen molar-refractivity contribution in [1.82, 2.24) is 9.97 Å². The fourth-order valence-electron chi connectivity index (χ4n) is 3.01. The predicted octanol–water partition coefficient (Wildman–Crippen LogP) is 5.43. The summed E-state index contributed by atoms with van der Waals surface area (Å²) in [6, 6.07) is 18.5. The smallest absolute Gasteiger partial charge is 0.229 e. The highest BCUT2D eigenvalue weighted by atomic mass is 15.1. The van der Waals surface area contributed by atoms with E-state index >= 15 is 0 Å². The molecule has 0 aliphatic carbocycles. The zero-order chi connectivity index (χ0) is 19.2. The summed E-state index contributed by atoms with van der Waals surface area (Å²) in [5.74, 6) is 1.36. The molecule has 0 aliphatic rings. The van der Waals surface area contributed by atoms with Gasteiger partial charge in [-0.05, 0) is 63.6 Å². The lowest BCUT2D eigenvalue weighted by molar-refractivity contribution is 0.866. The van der Waals surface area contributed by atoms with Crippen LogP contribution >= 0.6 is 0 Å². The number of hydrogen-bond acceptors (Lipinski definition) is 5. The van der Waals surface area contributed by atoms with Gasteiger partial charge in [0.1, 0.15) is 5.82 Å². The Kier molecular flexibility index (Phi) is 5.91. The lowest BCUT2D eigenvalue weighted by Gasteiger charge is -2.21. The molecule has 0 bridgehead atoms. The normalized spacial score (nSPS) is 10.5. The molecule has 3 rings (SSSR count). The summed E-state index contributed by atoms with van der Waals surface area (Å²) in [4.78, 5) is 11.4. The number of hydrogen-bond donors (Lipinski definition) is 2. The van der Waals surface area contributed by atoms with E-state index in [1.807, 2.05) is 31.2 Å². The van der Waals surface area contributed by atoms with E-state index < -0.39 is 0 Å². The average molecular weight is 361 g/mol. The van der Waals surface area contributed by atoms with Gasteiger partial charge in [0.05, 0.1) is 0 Å². The van der Waals surface area contributed by atoms with Crippen LogP contribution in [-0.4, -0.2) is 23.1 Å². The van der Waals surface area contributed by atoms with E-state index in [2.05, 4.69) is 76.6 Å². The molecule has 0 atom stereocenters. The highest BCUT2D eigenvalue weighted by Gasteiger charge is 2.06. The van der Waals surface area contributed by atoms with Crippen molar-refractivity contribution in [2.45, 2.75) is 27.7 Å². The molecule has 0 aliphatic heterocycles. The van der Waals surface area contributed by atoms with Crippen molar-refractivity contribution in [3.8, 4) is 0 Å². The number of nitrogens with one attached hydrogen (secondary N) is 2. The number of nitrogens with zero attached hydrogens (tertiary/aromatic N) is 3. The molecule has 1 heterocycles. The summed E-state index contributed by atoms with van der Waals surface area (Å²) in [7, 11) is 0. The summed E-state index contributed by atoms with van der Waals surface area (Å²) in [6.07, 6.45) is 0. The SMILES string of the molecule is CCN(CC)c1ccc(Nc2cc(C)nc(Nc3ccccc3C)n2)cc1. The number of aromatic nitrogens is 2. The second-order valence-corrected chi connectivity index (χ2v) is 6.50. The second-order valence-electron chi connectivity index (χ2n) is 6.50. The number of benzene rings is 2. The van der Waals surface area contributed by atoms with Crippen LogP contribution in [0.4, 0.5) is 28.8 Å². The van der Waals surface area contributed by atoms with Crippen LogP contribution in [0, 0.1) is 13.8 Å². The fraction of sp³-hybridized carbons (Fsp3) is 0.273. The molecule has 2 aromatic carbocycles. The third-order valence-electron chi connectivity index (χ3n) is 4.51. The molecule has 0 unspecified atom stereocenters. The molecule has 2 N–H and O–H groups in total. The molecular weight excluding hydrogens is 334 g/mol. The molecule has 1 aromatic heterocycles. The maximum Gasteiger partial charge on any atom is 0.229 e. The van der Waals surface area contributed by atoms with E-state index in [9.17, 15) is 0 Å². The average Bonchev–Trinajstić information content (AvgIpc) is 2.65. The predicted molar refractivity (Wildman–Crippen MR) is 115 cm³/mol. The summed E-state index contributed by atoms with van der Waals surface area (Å²) in [6.45, 7) is 10.4. The van der Waals surface area contributed by atoms with E-state index in [0.717, 1.165) is 41.5 Å². The number of rotatable bonds is 7. The largest absolute Gasteiger partial charge is 0.372 e. The Balaban J connectivity index is 1.77. The van der Waals surface area contributed by atoms with Crippen LogP contribution in [0.2, 0.25) is 0 Å². The van der Waals surface area contributed by atoms with Crippen LogP contribution in [0.3, 0.4) is 0 Å². The number of aryl methyl sites for hydroxylation is 2. The summed E-state index contributed by atoms with van der Waals surface area (Å²) >= 11 is 0. The lowest BCUT2D eigenvalue weighted by Crippen LogP contribution is -2.21. The van der Waals surface area contributed by atoms with Crippen molar-refractivity contribution in [2.75, 3.05) is 28.6 Å². The minimum Gasteiger partial charge on any atom is -0.372 e. The maximum atomic E-state index is 4.61. The summed E-state index contributed by atoms with van der Waals surface area (Å²) in [5.41, 5.74) is 5.31. The zero-order valence-electron chi connectivity index (χ0n) is 16.5. The summed E-state index contributed by atoms with van der Waals surface area (Å²) in [5, 5.41) is 6.69. The van der Waals surface area contributed by atoms with Gasteiger partial charge in [0, 0.05) is 41.9 Å². The van der Waals surface area contributed by atoms with Crippen molar-refractivity contribution in [3.63, 3.8) is 0 Å². The topological polar surface area (TPSA) is 53.1 Å². The second kappa shape index (κ2) is 8.54. The number of para-hydroxylation sites is 1. The molecule has 27 heavy (non-hydrogen) atoms. The maximum absolute atomic E-state index is 4.61. The minimum atomic E-state index is 0.589. The Labute approximate surface area is 161 Å². The molecule has 0 saturated carbocycles. The molecule has 5 heteroatoms. The first-order valence-corrected chi connectivity index (χ1v) is 9.39. The van der Waals surface area contributed by atoms with Gasteiger partial charge >= 0.3 is 0 Å². The van der Waals surface area contributed by atoms with Gasteiger partial charge in [-0.15, -0.1) is 0 Å². The van der Waals surface area contributed by atoms with Crippen LogP contribution in [0.15, 0.2) is 54.6 Å². The lowest BCUT2D eigenvalue weighted by atomic mass is 10.2. The molecule has 0 fully saturated rings. The monoisotopic (exact) mass is 361 g/mol. The van der Waals surface area contributed by atoms with Crippen LogP contribution in [0.25, 0.3) is 0 Å². The van der Waals surface area contributed by atoms with E-state index in [4.69, 9.17) is 0 Å². The Morgan fingerprint density at radius 3 is 2.22 bits per heavy atom. The van der Waals surface area contributed by atoms with Crippen LogP contribution in [0.5, 0.6) is 0 Å².